The molecule has 0 saturated carbocycles. The highest BCUT2D eigenvalue weighted by atomic mass is 16.5. The predicted molar refractivity (Wildman–Crippen MR) is 86.0 cm³/mol. The lowest BCUT2D eigenvalue weighted by atomic mass is 10.1. The van der Waals surface area contributed by atoms with E-state index in [2.05, 4.69) is 12.2 Å². The fraction of sp³-hybridized carbons (Fsp3) is 0.941. The monoisotopic (exact) mass is 285 g/mol. The van der Waals surface area contributed by atoms with Gasteiger partial charge in [0.25, 0.3) is 0 Å². The molecule has 0 aliphatic rings. The van der Waals surface area contributed by atoms with Crippen LogP contribution in [0.25, 0.3) is 0 Å². The van der Waals surface area contributed by atoms with E-state index >= 15 is 0 Å². The van der Waals surface area contributed by atoms with Gasteiger partial charge < -0.3 is 10.1 Å². The molecule has 0 spiro atoms. The second kappa shape index (κ2) is 16.5. The molecule has 0 saturated heterocycles. The summed E-state index contributed by atoms with van der Waals surface area (Å²) in [4.78, 5) is 11.5. The Balaban J connectivity index is 3.09. The Labute approximate surface area is 125 Å². The van der Waals surface area contributed by atoms with Gasteiger partial charge in [0.05, 0.1) is 0 Å². The fourth-order valence-electron chi connectivity index (χ4n) is 2.21. The summed E-state index contributed by atoms with van der Waals surface area (Å²) in [5, 5.41) is 3.00. The summed E-state index contributed by atoms with van der Waals surface area (Å²) >= 11 is 0. The smallest absolute Gasteiger partial charge is 0.219 e. The third-order valence-corrected chi connectivity index (χ3v) is 3.50. The number of hydrogen-bond donors (Lipinski definition) is 1. The van der Waals surface area contributed by atoms with Crippen LogP contribution in [-0.2, 0) is 9.53 Å². The molecule has 3 heteroatoms. The van der Waals surface area contributed by atoms with Crippen LogP contribution in [0.3, 0.4) is 0 Å². The van der Waals surface area contributed by atoms with Crippen molar-refractivity contribution in [3.05, 3.63) is 0 Å². The highest BCUT2D eigenvalue weighted by Gasteiger charge is 2.00. The van der Waals surface area contributed by atoms with E-state index in [1.807, 2.05) is 6.92 Å². The van der Waals surface area contributed by atoms with Gasteiger partial charge in [0.15, 0.2) is 0 Å². The number of carbonyl (C=O) groups is 1. The molecule has 0 unspecified atom stereocenters. The number of unbranched alkanes of at least 4 members (excludes halogenated alkanes) is 8. The average Bonchev–Trinajstić information content (AvgIpc) is 2.45. The zero-order chi connectivity index (χ0) is 14.9. The van der Waals surface area contributed by atoms with Gasteiger partial charge in [-0.15, -0.1) is 0 Å². The zero-order valence-corrected chi connectivity index (χ0v) is 13.7. The molecular formula is C17H35NO2. The molecule has 0 radical (unpaired) electrons. The van der Waals surface area contributed by atoms with E-state index in [0.29, 0.717) is 6.42 Å². The maximum atomic E-state index is 11.5. The Bertz CT molecular complexity index is 207. The normalized spacial score (nSPS) is 10.7. The van der Waals surface area contributed by atoms with Crippen LogP contribution in [0.5, 0.6) is 0 Å². The van der Waals surface area contributed by atoms with Crippen LogP contribution in [0.2, 0.25) is 0 Å². The molecule has 0 aliphatic heterocycles. The second-order valence-corrected chi connectivity index (χ2v) is 5.48. The van der Waals surface area contributed by atoms with Crippen LogP contribution >= 0.6 is 0 Å². The summed E-state index contributed by atoms with van der Waals surface area (Å²) in [6, 6.07) is 0. The van der Waals surface area contributed by atoms with Crippen molar-refractivity contribution < 1.29 is 9.53 Å². The van der Waals surface area contributed by atoms with Gasteiger partial charge in [0.1, 0.15) is 0 Å². The number of ether oxygens (including phenoxy) is 1. The Kier molecular flexibility index (Phi) is 16.0. The average molecular weight is 285 g/mol. The van der Waals surface area contributed by atoms with Crippen molar-refractivity contribution in [3.8, 4) is 0 Å². The molecule has 0 atom stereocenters. The van der Waals surface area contributed by atoms with E-state index in [1.165, 1.54) is 51.4 Å². The summed E-state index contributed by atoms with van der Waals surface area (Å²) < 4.78 is 5.31. The molecule has 0 heterocycles. The summed E-state index contributed by atoms with van der Waals surface area (Å²) in [5.74, 6) is 0.234. The van der Waals surface area contributed by atoms with Crippen molar-refractivity contribution in [3.63, 3.8) is 0 Å². The molecule has 1 amide bonds. The van der Waals surface area contributed by atoms with Crippen molar-refractivity contribution in [2.45, 2.75) is 84.5 Å². The minimum absolute atomic E-state index is 0.234. The van der Waals surface area contributed by atoms with E-state index in [-0.39, 0.29) is 5.91 Å². The summed E-state index contributed by atoms with van der Waals surface area (Å²) in [7, 11) is 0. The molecule has 1 N–H and O–H groups in total. The summed E-state index contributed by atoms with van der Waals surface area (Å²) in [5.41, 5.74) is 0. The van der Waals surface area contributed by atoms with Crippen molar-refractivity contribution in [2.24, 2.45) is 0 Å². The van der Waals surface area contributed by atoms with Crippen LogP contribution in [0.15, 0.2) is 0 Å². The van der Waals surface area contributed by atoms with Crippen LogP contribution in [0, 0.1) is 0 Å². The summed E-state index contributed by atoms with van der Waals surface area (Å²) in [6.45, 7) is 6.82. The lowest BCUT2D eigenvalue weighted by Crippen LogP contribution is -2.23. The minimum Gasteiger partial charge on any atom is -0.382 e. The van der Waals surface area contributed by atoms with E-state index in [4.69, 9.17) is 4.74 Å². The van der Waals surface area contributed by atoms with Crippen LogP contribution < -0.4 is 5.32 Å². The van der Waals surface area contributed by atoms with Gasteiger partial charge in [-0.05, 0) is 26.2 Å². The Morgan fingerprint density at radius 2 is 1.50 bits per heavy atom. The van der Waals surface area contributed by atoms with E-state index < -0.39 is 0 Å². The second-order valence-electron chi connectivity index (χ2n) is 5.48. The molecule has 20 heavy (non-hydrogen) atoms. The largest absolute Gasteiger partial charge is 0.382 e. The first-order valence-electron chi connectivity index (χ1n) is 8.65. The molecule has 120 valence electrons. The number of rotatable bonds is 15. The standard InChI is InChI=1S/C17H35NO2/c1-3-5-12-15-18-17(19)14-11-9-7-6-8-10-13-16-20-4-2/h3-16H2,1-2H3,(H,18,19). The van der Waals surface area contributed by atoms with Gasteiger partial charge in [-0.2, -0.15) is 0 Å². The number of carbonyl (C=O) groups excluding carboxylic acids is 1. The third-order valence-electron chi connectivity index (χ3n) is 3.50. The molecule has 0 bridgehead atoms. The van der Waals surface area contributed by atoms with Crippen LogP contribution in [-0.4, -0.2) is 25.7 Å². The van der Waals surface area contributed by atoms with Gasteiger partial charge >= 0.3 is 0 Å². The first kappa shape index (κ1) is 19.4. The van der Waals surface area contributed by atoms with Gasteiger partial charge in [-0.3, -0.25) is 4.79 Å². The first-order valence-corrected chi connectivity index (χ1v) is 8.65. The fourth-order valence-corrected chi connectivity index (χ4v) is 2.21. The molecule has 0 rings (SSSR count). The lowest BCUT2D eigenvalue weighted by Gasteiger charge is -2.05. The maximum absolute atomic E-state index is 11.5. The van der Waals surface area contributed by atoms with Crippen molar-refractivity contribution in [2.75, 3.05) is 19.8 Å². The van der Waals surface area contributed by atoms with Crippen LogP contribution in [0.4, 0.5) is 0 Å². The molecule has 0 aliphatic carbocycles. The number of nitrogens with one attached hydrogen (secondary N) is 1. The molecule has 0 aromatic carbocycles. The molecule has 0 fully saturated rings. The van der Waals surface area contributed by atoms with Crippen molar-refractivity contribution >= 4 is 5.91 Å². The Morgan fingerprint density at radius 3 is 2.15 bits per heavy atom. The molecular weight excluding hydrogens is 250 g/mol. The maximum Gasteiger partial charge on any atom is 0.219 e. The number of hydrogen-bond acceptors (Lipinski definition) is 2. The van der Waals surface area contributed by atoms with Gasteiger partial charge in [-0.1, -0.05) is 51.9 Å². The van der Waals surface area contributed by atoms with E-state index in [0.717, 1.165) is 32.6 Å². The molecule has 0 aromatic rings. The van der Waals surface area contributed by atoms with Crippen molar-refractivity contribution in [1.82, 2.24) is 5.32 Å². The van der Waals surface area contributed by atoms with Gasteiger partial charge in [0.2, 0.25) is 5.91 Å². The van der Waals surface area contributed by atoms with Gasteiger partial charge in [0, 0.05) is 26.2 Å². The van der Waals surface area contributed by atoms with E-state index in [9.17, 15) is 4.79 Å². The number of amides is 1. The molecule has 3 nitrogen and oxygen atoms in total. The van der Waals surface area contributed by atoms with Gasteiger partial charge in [-0.25, -0.2) is 0 Å². The predicted octanol–water partition coefficient (Wildman–Crippen LogP) is 4.45. The Hall–Kier alpha value is -0.570. The van der Waals surface area contributed by atoms with Crippen molar-refractivity contribution in [1.29, 1.82) is 0 Å². The highest BCUT2D eigenvalue weighted by molar-refractivity contribution is 5.75. The zero-order valence-electron chi connectivity index (χ0n) is 13.7. The Morgan fingerprint density at radius 1 is 0.850 bits per heavy atom. The SMILES string of the molecule is CCCCCNC(=O)CCCCCCCCCOCC. The van der Waals surface area contributed by atoms with Crippen LogP contribution in [0.1, 0.15) is 84.5 Å². The minimum atomic E-state index is 0.234. The quantitative estimate of drug-likeness (QED) is 0.451. The summed E-state index contributed by atoms with van der Waals surface area (Å²) in [6.07, 6.45) is 12.8. The third kappa shape index (κ3) is 15.5. The highest BCUT2D eigenvalue weighted by Crippen LogP contribution is 2.08. The first-order chi connectivity index (χ1) is 9.81. The topological polar surface area (TPSA) is 38.3 Å². The molecule has 0 aromatic heterocycles. The lowest BCUT2D eigenvalue weighted by molar-refractivity contribution is -0.121. The van der Waals surface area contributed by atoms with E-state index in [1.54, 1.807) is 0 Å².